The summed E-state index contributed by atoms with van der Waals surface area (Å²) in [6.45, 7) is 8.47. The molecule has 0 saturated carbocycles. The standard InChI is InChI=1S/C28H30ClN5O3S2.ClH/c1-19-7-9-21(10-8-19)39(36,37)32-24-6-4-3-5-22(24)27(35)30-13-14-33-15-17-34(18-16-33)28-31-26-20(2)23(29)11-12-25(26)38-28;/h3-12,32H,13-18H2,1-2H3,(H,30,35);1H. The first-order chi connectivity index (χ1) is 18.7. The van der Waals surface area contributed by atoms with Crippen LogP contribution in [0.3, 0.4) is 0 Å². The third kappa shape index (κ3) is 6.70. The van der Waals surface area contributed by atoms with Gasteiger partial charge in [-0.05, 0) is 55.8 Å². The molecule has 12 heteroatoms. The zero-order valence-electron chi connectivity index (χ0n) is 22.2. The Balaban J connectivity index is 0.00000370. The lowest BCUT2D eigenvalue weighted by molar-refractivity contribution is 0.0948. The molecule has 1 amide bonds. The molecule has 3 aromatic carbocycles. The van der Waals surface area contributed by atoms with Crippen LogP contribution < -0.4 is 14.9 Å². The fourth-order valence-corrected chi connectivity index (χ4v) is 6.81. The summed E-state index contributed by atoms with van der Waals surface area (Å²) < 4.78 is 29.4. The molecule has 1 aromatic heterocycles. The van der Waals surface area contributed by atoms with Crippen LogP contribution in [0.15, 0.2) is 65.6 Å². The number of rotatable bonds is 8. The predicted octanol–water partition coefficient (Wildman–Crippen LogP) is 5.34. The Morgan fingerprint density at radius 1 is 1.00 bits per heavy atom. The van der Waals surface area contributed by atoms with E-state index in [0.717, 1.165) is 57.7 Å². The number of nitrogens with one attached hydrogen (secondary N) is 2. The summed E-state index contributed by atoms with van der Waals surface area (Å²) in [5, 5.41) is 4.68. The topological polar surface area (TPSA) is 94.6 Å². The number of amides is 1. The lowest BCUT2D eigenvalue weighted by Gasteiger charge is -2.34. The Bertz CT molecular complexity index is 1600. The summed E-state index contributed by atoms with van der Waals surface area (Å²) in [6.07, 6.45) is 0. The van der Waals surface area contributed by atoms with E-state index in [2.05, 4.69) is 19.8 Å². The molecule has 0 bridgehead atoms. The van der Waals surface area contributed by atoms with Gasteiger partial charge in [0.05, 0.1) is 26.4 Å². The minimum atomic E-state index is -3.82. The minimum absolute atomic E-state index is 0. The molecule has 4 aromatic rings. The van der Waals surface area contributed by atoms with Gasteiger partial charge in [-0.15, -0.1) is 12.4 Å². The molecule has 0 radical (unpaired) electrons. The lowest BCUT2D eigenvalue weighted by Crippen LogP contribution is -2.48. The van der Waals surface area contributed by atoms with Gasteiger partial charge in [-0.1, -0.05) is 52.8 Å². The largest absolute Gasteiger partial charge is 0.351 e. The van der Waals surface area contributed by atoms with Crippen LogP contribution in [-0.2, 0) is 10.0 Å². The Morgan fingerprint density at radius 3 is 2.42 bits per heavy atom. The lowest BCUT2D eigenvalue weighted by atomic mass is 10.1. The Hall–Kier alpha value is -2.89. The van der Waals surface area contributed by atoms with Crippen LogP contribution in [0.2, 0.25) is 5.02 Å². The van der Waals surface area contributed by atoms with Gasteiger partial charge in [0, 0.05) is 44.3 Å². The first-order valence-electron chi connectivity index (χ1n) is 12.7. The Labute approximate surface area is 249 Å². The second kappa shape index (κ2) is 12.7. The van der Waals surface area contributed by atoms with Crippen molar-refractivity contribution in [2.24, 2.45) is 0 Å². The van der Waals surface area contributed by atoms with Crippen molar-refractivity contribution in [2.75, 3.05) is 48.9 Å². The molecule has 1 aliphatic heterocycles. The average molecular weight is 621 g/mol. The Morgan fingerprint density at radius 2 is 1.70 bits per heavy atom. The first-order valence-corrected chi connectivity index (χ1v) is 15.4. The number of hydrogen-bond donors (Lipinski definition) is 2. The fraction of sp³-hybridized carbons (Fsp3) is 0.286. The van der Waals surface area contributed by atoms with Crippen LogP contribution in [-0.4, -0.2) is 63.5 Å². The van der Waals surface area contributed by atoms with Gasteiger partial charge >= 0.3 is 0 Å². The number of aromatic nitrogens is 1. The van der Waals surface area contributed by atoms with Crippen molar-refractivity contribution in [3.8, 4) is 0 Å². The number of benzene rings is 3. The molecule has 212 valence electrons. The highest BCUT2D eigenvalue weighted by Gasteiger charge is 2.22. The summed E-state index contributed by atoms with van der Waals surface area (Å²) in [6, 6.07) is 17.2. The van der Waals surface area contributed by atoms with E-state index in [1.165, 1.54) is 0 Å². The van der Waals surface area contributed by atoms with Crippen LogP contribution >= 0.6 is 35.3 Å². The maximum Gasteiger partial charge on any atom is 0.261 e. The summed E-state index contributed by atoms with van der Waals surface area (Å²) in [5.41, 5.74) is 3.47. The number of halogens is 2. The summed E-state index contributed by atoms with van der Waals surface area (Å²) in [4.78, 5) is 22.5. The van der Waals surface area contributed by atoms with Crippen molar-refractivity contribution in [3.05, 3.63) is 82.4 Å². The van der Waals surface area contributed by atoms with Crippen LogP contribution in [0.1, 0.15) is 21.5 Å². The molecule has 40 heavy (non-hydrogen) atoms. The second-order valence-corrected chi connectivity index (χ2v) is 12.7. The van der Waals surface area contributed by atoms with Crippen molar-refractivity contribution in [1.29, 1.82) is 0 Å². The number of sulfonamides is 1. The third-order valence-electron chi connectivity index (χ3n) is 6.84. The van der Waals surface area contributed by atoms with E-state index < -0.39 is 10.0 Å². The normalized spacial score (nSPS) is 14.1. The van der Waals surface area contributed by atoms with Gasteiger partial charge in [0.1, 0.15) is 0 Å². The minimum Gasteiger partial charge on any atom is -0.351 e. The van der Waals surface area contributed by atoms with Gasteiger partial charge in [0.15, 0.2) is 5.13 Å². The van der Waals surface area contributed by atoms with E-state index in [4.69, 9.17) is 16.6 Å². The highest BCUT2D eigenvalue weighted by atomic mass is 35.5. The molecule has 2 heterocycles. The molecule has 0 unspecified atom stereocenters. The van der Waals surface area contributed by atoms with Gasteiger partial charge in [-0.3, -0.25) is 14.4 Å². The van der Waals surface area contributed by atoms with E-state index in [9.17, 15) is 13.2 Å². The van der Waals surface area contributed by atoms with Crippen molar-refractivity contribution in [1.82, 2.24) is 15.2 Å². The maximum atomic E-state index is 13.0. The molecular weight excluding hydrogens is 589 g/mol. The van der Waals surface area contributed by atoms with E-state index in [1.54, 1.807) is 59.9 Å². The van der Waals surface area contributed by atoms with Gasteiger partial charge in [0.25, 0.3) is 15.9 Å². The summed E-state index contributed by atoms with van der Waals surface area (Å²) in [5.74, 6) is -0.320. The smallest absolute Gasteiger partial charge is 0.261 e. The number of piperazine rings is 1. The number of fused-ring (bicyclic) bond motifs is 1. The number of thiazole rings is 1. The molecular formula is C28H31Cl2N5O3S2. The molecule has 0 aliphatic carbocycles. The summed E-state index contributed by atoms with van der Waals surface area (Å²) >= 11 is 7.95. The van der Waals surface area contributed by atoms with Crippen LogP contribution in [0.4, 0.5) is 10.8 Å². The highest BCUT2D eigenvalue weighted by Crippen LogP contribution is 2.33. The van der Waals surface area contributed by atoms with Crippen LogP contribution in [0.25, 0.3) is 10.2 Å². The molecule has 1 fully saturated rings. The van der Waals surface area contributed by atoms with Crippen molar-refractivity contribution < 1.29 is 13.2 Å². The molecule has 1 aliphatic rings. The van der Waals surface area contributed by atoms with Crippen LogP contribution in [0, 0.1) is 13.8 Å². The number of nitrogens with zero attached hydrogens (tertiary/aromatic N) is 3. The van der Waals surface area contributed by atoms with Gasteiger partial charge in [-0.25, -0.2) is 13.4 Å². The van der Waals surface area contributed by atoms with Gasteiger partial charge in [-0.2, -0.15) is 0 Å². The van der Waals surface area contributed by atoms with Crippen molar-refractivity contribution >= 4 is 72.3 Å². The predicted molar refractivity (Wildman–Crippen MR) is 166 cm³/mol. The van der Waals surface area contributed by atoms with E-state index >= 15 is 0 Å². The van der Waals surface area contributed by atoms with E-state index in [-0.39, 0.29) is 34.5 Å². The number of carbonyl (C=O) groups is 1. The molecule has 1 saturated heterocycles. The zero-order chi connectivity index (χ0) is 27.6. The molecule has 0 spiro atoms. The third-order valence-corrected chi connectivity index (χ3v) is 9.71. The second-order valence-electron chi connectivity index (χ2n) is 9.56. The van der Waals surface area contributed by atoms with Gasteiger partial charge < -0.3 is 10.2 Å². The van der Waals surface area contributed by atoms with E-state index in [0.29, 0.717) is 13.1 Å². The first kappa shape index (κ1) is 30.1. The number of para-hydroxylation sites is 1. The molecule has 8 nitrogen and oxygen atoms in total. The maximum absolute atomic E-state index is 13.0. The molecule has 5 rings (SSSR count). The average Bonchev–Trinajstić information content (AvgIpc) is 3.37. The van der Waals surface area contributed by atoms with Crippen LogP contribution in [0.5, 0.6) is 0 Å². The molecule has 0 atom stereocenters. The fourth-order valence-electron chi connectivity index (χ4n) is 4.50. The molecule has 2 N–H and O–H groups in total. The van der Waals surface area contributed by atoms with Crippen molar-refractivity contribution in [3.63, 3.8) is 0 Å². The number of hydrogen-bond acceptors (Lipinski definition) is 7. The quantitative estimate of drug-likeness (QED) is 0.276. The number of aryl methyl sites for hydroxylation is 2. The highest BCUT2D eigenvalue weighted by molar-refractivity contribution is 7.92. The SMILES string of the molecule is Cc1ccc(S(=O)(=O)Nc2ccccc2C(=O)NCCN2CCN(c3nc4c(C)c(Cl)ccc4s3)CC2)cc1.Cl. The van der Waals surface area contributed by atoms with Gasteiger partial charge in [0.2, 0.25) is 0 Å². The van der Waals surface area contributed by atoms with E-state index in [1.807, 2.05) is 26.0 Å². The number of anilines is 2. The Kier molecular flexibility index (Phi) is 9.58. The monoisotopic (exact) mass is 619 g/mol. The number of carbonyl (C=O) groups excluding carboxylic acids is 1. The summed E-state index contributed by atoms with van der Waals surface area (Å²) in [7, 11) is -3.82. The van der Waals surface area contributed by atoms with Crippen molar-refractivity contribution in [2.45, 2.75) is 18.7 Å². The zero-order valence-corrected chi connectivity index (χ0v) is 25.4.